The molecule has 1 aromatic rings. The van der Waals surface area contributed by atoms with Gasteiger partial charge in [0.15, 0.2) is 0 Å². The molecule has 0 aromatic heterocycles. The first-order chi connectivity index (χ1) is 16.2. The van der Waals surface area contributed by atoms with Gasteiger partial charge in [0.05, 0.1) is 26.4 Å². The van der Waals surface area contributed by atoms with Crippen molar-refractivity contribution in [3.63, 3.8) is 0 Å². The lowest BCUT2D eigenvalue weighted by Gasteiger charge is -2.48. The van der Waals surface area contributed by atoms with Gasteiger partial charge in [-0.2, -0.15) is 0 Å². The van der Waals surface area contributed by atoms with Crippen LogP contribution in [0.15, 0.2) is 18.2 Å². The predicted molar refractivity (Wildman–Crippen MR) is 129 cm³/mol. The van der Waals surface area contributed by atoms with E-state index in [0.717, 1.165) is 84.3 Å². The highest BCUT2D eigenvalue weighted by atomic mass is 16.5. The van der Waals surface area contributed by atoms with Crippen molar-refractivity contribution in [3.8, 4) is 5.75 Å². The molecule has 2 saturated heterocycles. The Bertz CT molecular complexity index is 797. The quantitative estimate of drug-likeness (QED) is 0.676. The largest absolute Gasteiger partial charge is 0.493 e. The third-order valence-corrected chi connectivity index (χ3v) is 8.07. The standard InChI is InChI=1S/C26H40N4O3/c31-25(27-21-26(7-2-1-3-8-26)30-13-16-32-17-14-30)20-29-11-9-28(10-12-29)19-22-4-5-24-23(18-22)6-15-33-24/h4-5,18H,1-3,6-17,19-21H2,(H,27,31). The van der Waals surface area contributed by atoms with Gasteiger partial charge in [-0.05, 0) is 30.0 Å². The van der Waals surface area contributed by atoms with E-state index in [-0.39, 0.29) is 11.4 Å². The van der Waals surface area contributed by atoms with E-state index in [1.807, 2.05) is 0 Å². The number of benzene rings is 1. The summed E-state index contributed by atoms with van der Waals surface area (Å²) in [4.78, 5) is 20.2. The van der Waals surface area contributed by atoms with Crippen LogP contribution in [0.1, 0.15) is 43.2 Å². The lowest BCUT2D eigenvalue weighted by Crippen LogP contribution is -2.60. The van der Waals surface area contributed by atoms with E-state index in [4.69, 9.17) is 9.47 Å². The first-order valence-electron chi connectivity index (χ1n) is 13.0. The van der Waals surface area contributed by atoms with Crippen LogP contribution in [0.25, 0.3) is 0 Å². The number of nitrogens with zero attached hydrogens (tertiary/aromatic N) is 3. The second-order valence-corrected chi connectivity index (χ2v) is 10.3. The fourth-order valence-electron chi connectivity index (χ4n) is 6.08. The van der Waals surface area contributed by atoms with Gasteiger partial charge in [0, 0.05) is 64.3 Å². The van der Waals surface area contributed by atoms with Crippen LogP contribution < -0.4 is 10.1 Å². The maximum atomic E-state index is 12.8. The van der Waals surface area contributed by atoms with E-state index in [1.54, 1.807) is 0 Å². The SMILES string of the molecule is O=C(CN1CCN(Cc2ccc3c(c2)CCO3)CC1)NCC1(N2CCOCC2)CCCCC1. The van der Waals surface area contributed by atoms with E-state index in [1.165, 1.54) is 43.2 Å². The first-order valence-corrected chi connectivity index (χ1v) is 13.0. The molecule has 0 atom stereocenters. The lowest BCUT2D eigenvalue weighted by molar-refractivity contribution is -0.124. The van der Waals surface area contributed by atoms with E-state index < -0.39 is 0 Å². The molecule has 1 aromatic carbocycles. The third kappa shape index (κ3) is 5.70. The van der Waals surface area contributed by atoms with E-state index in [0.29, 0.717) is 6.54 Å². The van der Waals surface area contributed by atoms with E-state index >= 15 is 0 Å². The summed E-state index contributed by atoms with van der Waals surface area (Å²) in [6.07, 6.45) is 7.28. The highest BCUT2D eigenvalue weighted by molar-refractivity contribution is 5.78. The van der Waals surface area contributed by atoms with Crippen LogP contribution >= 0.6 is 0 Å². The van der Waals surface area contributed by atoms with Gasteiger partial charge in [-0.1, -0.05) is 31.4 Å². The van der Waals surface area contributed by atoms with Gasteiger partial charge in [0.1, 0.15) is 5.75 Å². The molecular formula is C26H40N4O3. The summed E-state index contributed by atoms with van der Waals surface area (Å²) in [5, 5.41) is 3.32. The summed E-state index contributed by atoms with van der Waals surface area (Å²) in [7, 11) is 0. The first kappa shape index (κ1) is 23.1. The van der Waals surface area contributed by atoms with Crippen LogP contribution in [0.5, 0.6) is 5.75 Å². The molecule has 1 N–H and O–H groups in total. The molecule has 0 spiro atoms. The Morgan fingerprint density at radius 3 is 2.48 bits per heavy atom. The molecule has 33 heavy (non-hydrogen) atoms. The predicted octanol–water partition coefficient (Wildman–Crippen LogP) is 1.89. The molecule has 1 amide bonds. The molecule has 5 rings (SSSR count). The molecule has 0 unspecified atom stereocenters. The fourth-order valence-corrected chi connectivity index (χ4v) is 6.08. The smallest absolute Gasteiger partial charge is 0.234 e. The molecule has 3 aliphatic heterocycles. The summed E-state index contributed by atoms with van der Waals surface area (Å²) in [6.45, 7) is 10.7. The van der Waals surface area contributed by atoms with Crippen LogP contribution in [0, 0.1) is 0 Å². The Labute approximate surface area is 198 Å². The topological polar surface area (TPSA) is 57.3 Å². The average molecular weight is 457 g/mol. The summed E-state index contributed by atoms with van der Waals surface area (Å²) >= 11 is 0. The molecule has 182 valence electrons. The Morgan fingerprint density at radius 1 is 0.939 bits per heavy atom. The molecule has 1 aliphatic carbocycles. The van der Waals surface area contributed by atoms with Gasteiger partial charge in [0.25, 0.3) is 0 Å². The number of piperazine rings is 1. The van der Waals surface area contributed by atoms with Crippen molar-refractivity contribution >= 4 is 5.91 Å². The Morgan fingerprint density at radius 2 is 1.70 bits per heavy atom. The second kappa shape index (κ2) is 10.7. The van der Waals surface area contributed by atoms with Crippen LogP contribution in [0.2, 0.25) is 0 Å². The zero-order valence-electron chi connectivity index (χ0n) is 20.0. The number of morpholine rings is 1. The van der Waals surface area contributed by atoms with E-state index in [2.05, 4.69) is 38.2 Å². The Hall–Kier alpha value is -1.67. The maximum absolute atomic E-state index is 12.8. The van der Waals surface area contributed by atoms with Crippen molar-refractivity contribution < 1.29 is 14.3 Å². The number of fused-ring (bicyclic) bond motifs is 1. The van der Waals surface area contributed by atoms with Gasteiger partial charge in [0.2, 0.25) is 5.91 Å². The van der Waals surface area contributed by atoms with Crippen molar-refractivity contribution in [2.45, 2.75) is 50.6 Å². The summed E-state index contributed by atoms with van der Waals surface area (Å²) in [6, 6.07) is 6.62. The monoisotopic (exact) mass is 456 g/mol. The fraction of sp³-hybridized carbons (Fsp3) is 0.731. The third-order valence-electron chi connectivity index (χ3n) is 8.07. The Kier molecular flexibility index (Phi) is 7.50. The number of nitrogens with one attached hydrogen (secondary N) is 1. The molecule has 7 heteroatoms. The number of carbonyl (C=O) groups excluding carboxylic acids is 1. The molecule has 3 fully saturated rings. The lowest BCUT2D eigenvalue weighted by atomic mass is 9.79. The van der Waals surface area contributed by atoms with Gasteiger partial charge < -0.3 is 14.8 Å². The van der Waals surface area contributed by atoms with Crippen LogP contribution in [-0.2, 0) is 22.5 Å². The van der Waals surface area contributed by atoms with Gasteiger partial charge >= 0.3 is 0 Å². The van der Waals surface area contributed by atoms with E-state index in [9.17, 15) is 4.79 Å². The molecule has 0 radical (unpaired) electrons. The van der Waals surface area contributed by atoms with Crippen molar-refractivity contribution in [3.05, 3.63) is 29.3 Å². The number of ether oxygens (including phenoxy) is 2. The highest BCUT2D eigenvalue weighted by Crippen LogP contribution is 2.34. The molecular weight excluding hydrogens is 416 g/mol. The van der Waals surface area contributed by atoms with Crippen molar-refractivity contribution in [2.75, 3.05) is 72.2 Å². The maximum Gasteiger partial charge on any atom is 0.234 e. The summed E-state index contributed by atoms with van der Waals surface area (Å²) in [5.41, 5.74) is 2.85. The van der Waals surface area contributed by atoms with Crippen molar-refractivity contribution in [1.29, 1.82) is 0 Å². The van der Waals surface area contributed by atoms with Gasteiger partial charge in [-0.3, -0.25) is 19.5 Å². The second-order valence-electron chi connectivity index (χ2n) is 10.3. The molecule has 7 nitrogen and oxygen atoms in total. The van der Waals surface area contributed by atoms with Crippen molar-refractivity contribution in [2.24, 2.45) is 0 Å². The number of hydrogen-bond donors (Lipinski definition) is 1. The number of carbonyl (C=O) groups is 1. The summed E-state index contributed by atoms with van der Waals surface area (Å²) in [5.74, 6) is 1.23. The summed E-state index contributed by atoms with van der Waals surface area (Å²) < 4.78 is 11.2. The van der Waals surface area contributed by atoms with Gasteiger partial charge in [-0.25, -0.2) is 0 Å². The minimum absolute atomic E-state index is 0.136. The zero-order chi connectivity index (χ0) is 22.5. The van der Waals surface area contributed by atoms with Crippen LogP contribution in [-0.4, -0.2) is 98.3 Å². The molecule has 0 bridgehead atoms. The van der Waals surface area contributed by atoms with Crippen molar-refractivity contribution in [1.82, 2.24) is 20.0 Å². The Balaban J connectivity index is 1.06. The average Bonchev–Trinajstić information content (AvgIpc) is 3.33. The number of rotatable bonds is 7. The zero-order valence-corrected chi connectivity index (χ0v) is 20.0. The number of amides is 1. The number of hydrogen-bond acceptors (Lipinski definition) is 6. The van der Waals surface area contributed by atoms with Crippen LogP contribution in [0.3, 0.4) is 0 Å². The van der Waals surface area contributed by atoms with Gasteiger partial charge in [-0.15, -0.1) is 0 Å². The highest BCUT2D eigenvalue weighted by Gasteiger charge is 2.38. The molecule has 1 saturated carbocycles. The molecule has 3 heterocycles. The minimum atomic E-state index is 0.136. The minimum Gasteiger partial charge on any atom is -0.493 e. The molecule has 4 aliphatic rings. The van der Waals surface area contributed by atoms with Crippen LogP contribution in [0.4, 0.5) is 0 Å². The normalized spacial score (nSPS) is 24.2.